The first kappa shape index (κ1) is 19.5. The van der Waals surface area contributed by atoms with Crippen LogP contribution < -0.4 is 18.9 Å². The van der Waals surface area contributed by atoms with Crippen molar-refractivity contribution < 1.29 is 18.9 Å². The highest BCUT2D eigenvalue weighted by molar-refractivity contribution is 5.99. The average Bonchev–Trinajstić information content (AvgIpc) is 3.52. The van der Waals surface area contributed by atoms with Crippen molar-refractivity contribution in [2.45, 2.75) is 25.7 Å². The molecule has 0 radical (unpaired) electrons. The molecule has 0 N–H and O–H groups in total. The van der Waals surface area contributed by atoms with Gasteiger partial charge < -0.3 is 18.9 Å². The van der Waals surface area contributed by atoms with E-state index in [1.54, 1.807) is 0 Å². The molecule has 3 aliphatic rings. The zero-order valence-corrected chi connectivity index (χ0v) is 19.0. The van der Waals surface area contributed by atoms with Crippen LogP contribution >= 0.6 is 0 Å². The van der Waals surface area contributed by atoms with Crippen molar-refractivity contribution in [3.63, 3.8) is 0 Å². The summed E-state index contributed by atoms with van der Waals surface area (Å²) in [6.07, 6.45) is 6.18. The van der Waals surface area contributed by atoms with E-state index in [1.807, 2.05) is 6.07 Å². The summed E-state index contributed by atoms with van der Waals surface area (Å²) in [7, 11) is 0. The van der Waals surface area contributed by atoms with Crippen molar-refractivity contribution in [1.82, 2.24) is 0 Å². The van der Waals surface area contributed by atoms with Gasteiger partial charge in [0, 0.05) is 17.5 Å². The Morgan fingerprint density at radius 3 is 2.44 bits per heavy atom. The van der Waals surface area contributed by atoms with E-state index in [4.69, 9.17) is 18.9 Å². The van der Waals surface area contributed by atoms with E-state index in [1.165, 1.54) is 38.6 Å². The highest BCUT2D eigenvalue weighted by Crippen LogP contribution is 2.49. The Morgan fingerprint density at radius 2 is 1.56 bits per heavy atom. The van der Waals surface area contributed by atoms with Crippen LogP contribution in [0.25, 0.3) is 28.0 Å². The summed E-state index contributed by atoms with van der Waals surface area (Å²) in [5.74, 6) is 3.71. The summed E-state index contributed by atoms with van der Waals surface area (Å²) < 4.78 is 23.4. The highest BCUT2D eigenvalue weighted by atomic mass is 16.7. The van der Waals surface area contributed by atoms with Gasteiger partial charge >= 0.3 is 0 Å². The number of hydrogen-bond donors (Lipinski definition) is 0. The van der Waals surface area contributed by atoms with Crippen LogP contribution in [0.5, 0.6) is 23.0 Å². The molecule has 4 aromatic carbocycles. The van der Waals surface area contributed by atoms with Crippen LogP contribution in [-0.2, 0) is 6.42 Å². The minimum Gasteiger partial charge on any atom is -0.454 e. The van der Waals surface area contributed by atoms with E-state index >= 15 is 0 Å². The summed E-state index contributed by atoms with van der Waals surface area (Å²) >= 11 is 0. The van der Waals surface area contributed by atoms with E-state index in [0.717, 1.165) is 41.4 Å². The van der Waals surface area contributed by atoms with E-state index in [9.17, 15) is 0 Å². The molecule has 0 fully saturated rings. The third-order valence-corrected chi connectivity index (χ3v) is 7.16. The van der Waals surface area contributed by atoms with Gasteiger partial charge in [0.2, 0.25) is 13.6 Å². The number of ether oxygens (including phenoxy) is 4. The van der Waals surface area contributed by atoms with E-state index in [2.05, 4.69) is 73.7 Å². The van der Waals surface area contributed by atoms with Crippen LogP contribution in [0.1, 0.15) is 41.5 Å². The molecule has 0 amide bonds. The molecular formula is C30H24O4. The predicted molar refractivity (Wildman–Crippen MR) is 133 cm³/mol. The van der Waals surface area contributed by atoms with Gasteiger partial charge in [-0.3, -0.25) is 0 Å². The molecule has 7 rings (SSSR count). The van der Waals surface area contributed by atoms with Crippen molar-refractivity contribution >= 4 is 16.8 Å². The molecule has 1 aliphatic carbocycles. The van der Waals surface area contributed by atoms with E-state index in [0.29, 0.717) is 5.92 Å². The molecule has 4 nitrogen and oxygen atoms in total. The van der Waals surface area contributed by atoms with Crippen molar-refractivity contribution in [2.24, 2.45) is 0 Å². The van der Waals surface area contributed by atoms with E-state index < -0.39 is 0 Å². The summed E-state index contributed by atoms with van der Waals surface area (Å²) in [5.41, 5.74) is 7.29. The molecule has 0 saturated heterocycles. The monoisotopic (exact) mass is 448 g/mol. The van der Waals surface area contributed by atoms with Crippen LogP contribution in [0.4, 0.5) is 0 Å². The Hall–Kier alpha value is -3.92. The fourth-order valence-corrected chi connectivity index (χ4v) is 5.58. The van der Waals surface area contributed by atoms with Crippen LogP contribution in [-0.4, -0.2) is 13.6 Å². The Balaban J connectivity index is 1.51. The lowest BCUT2D eigenvalue weighted by Crippen LogP contribution is -2.03. The number of rotatable bonds is 2. The van der Waals surface area contributed by atoms with Crippen LogP contribution in [0.15, 0.2) is 66.7 Å². The van der Waals surface area contributed by atoms with Crippen LogP contribution in [0, 0.1) is 0 Å². The summed E-state index contributed by atoms with van der Waals surface area (Å²) in [6, 6.07) is 21.4. The third-order valence-electron chi connectivity index (χ3n) is 7.16. The summed E-state index contributed by atoms with van der Waals surface area (Å²) in [6.45, 7) is 2.84. The average molecular weight is 449 g/mol. The van der Waals surface area contributed by atoms with Gasteiger partial charge in [-0.15, -0.1) is 0 Å². The van der Waals surface area contributed by atoms with Gasteiger partial charge in [-0.1, -0.05) is 61.5 Å². The molecule has 2 heterocycles. The van der Waals surface area contributed by atoms with Crippen molar-refractivity contribution in [1.29, 1.82) is 0 Å². The lowest BCUT2D eigenvalue weighted by molar-refractivity contribution is 0.173. The van der Waals surface area contributed by atoms with Gasteiger partial charge in [0.05, 0.1) is 0 Å². The normalized spacial score (nSPS) is 18.2. The Labute approximate surface area is 198 Å². The molecule has 0 spiro atoms. The Morgan fingerprint density at radius 1 is 0.765 bits per heavy atom. The van der Waals surface area contributed by atoms with E-state index in [-0.39, 0.29) is 13.6 Å². The number of fused-ring (bicyclic) bond motifs is 8. The van der Waals surface area contributed by atoms with Gasteiger partial charge in [0.1, 0.15) is 0 Å². The third kappa shape index (κ3) is 2.91. The van der Waals surface area contributed by atoms with Gasteiger partial charge in [-0.2, -0.15) is 0 Å². The zero-order chi connectivity index (χ0) is 22.6. The van der Waals surface area contributed by atoms with Gasteiger partial charge in [-0.05, 0) is 63.6 Å². The minimum absolute atomic E-state index is 0.264. The molecule has 0 saturated carbocycles. The summed E-state index contributed by atoms with van der Waals surface area (Å²) in [5, 5.41) is 2.46. The zero-order valence-electron chi connectivity index (χ0n) is 19.0. The first-order valence-corrected chi connectivity index (χ1v) is 11.8. The van der Waals surface area contributed by atoms with Gasteiger partial charge in [-0.25, -0.2) is 0 Å². The van der Waals surface area contributed by atoms with Crippen LogP contribution in [0.2, 0.25) is 0 Å². The Bertz CT molecular complexity index is 1470. The summed E-state index contributed by atoms with van der Waals surface area (Å²) in [4.78, 5) is 0. The minimum atomic E-state index is 0.264. The number of hydrogen-bond acceptors (Lipinski definition) is 4. The molecule has 2 aliphatic heterocycles. The standard InChI is InChI=1S/C30H24O4/c1-18-6-5-9-23-20(12-13-26-29(23)33-16-31-26)22-11-10-21-24(28(18)22)15-27-30(34-17-32-27)25(21)14-19-7-3-2-4-8-19/h2-5,7-13,15,18H,6,14,16-17H2,1H3/b9-5-. The van der Waals surface area contributed by atoms with Crippen molar-refractivity contribution in [3.8, 4) is 34.1 Å². The number of benzene rings is 4. The van der Waals surface area contributed by atoms with Gasteiger partial charge in [0.15, 0.2) is 23.0 Å². The topological polar surface area (TPSA) is 36.9 Å². The molecular weight excluding hydrogens is 424 g/mol. The lowest BCUT2D eigenvalue weighted by Gasteiger charge is -2.24. The molecule has 34 heavy (non-hydrogen) atoms. The molecule has 0 bridgehead atoms. The molecule has 4 aromatic rings. The van der Waals surface area contributed by atoms with Gasteiger partial charge in [0.25, 0.3) is 0 Å². The number of allylic oxidation sites excluding steroid dienone is 1. The predicted octanol–water partition coefficient (Wildman–Crippen LogP) is 7.08. The smallest absolute Gasteiger partial charge is 0.231 e. The lowest BCUT2D eigenvalue weighted by atomic mass is 9.81. The van der Waals surface area contributed by atoms with Crippen LogP contribution in [0.3, 0.4) is 0 Å². The second-order valence-corrected chi connectivity index (χ2v) is 9.17. The second kappa shape index (κ2) is 7.56. The quantitative estimate of drug-likeness (QED) is 0.328. The largest absolute Gasteiger partial charge is 0.454 e. The maximum absolute atomic E-state index is 5.97. The maximum Gasteiger partial charge on any atom is 0.231 e. The second-order valence-electron chi connectivity index (χ2n) is 9.17. The molecule has 1 atom stereocenters. The van der Waals surface area contributed by atoms with Crippen molar-refractivity contribution in [3.05, 3.63) is 89.0 Å². The molecule has 4 heteroatoms. The highest BCUT2D eigenvalue weighted by Gasteiger charge is 2.28. The molecule has 0 aromatic heterocycles. The first-order chi connectivity index (χ1) is 16.8. The molecule has 168 valence electrons. The Kier molecular flexibility index (Phi) is 4.34. The maximum atomic E-state index is 5.97. The van der Waals surface area contributed by atoms with Crippen molar-refractivity contribution in [2.75, 3.05) is 13.6 Å². The fourth-order valence-electron chi connectivity index (χ4n) is 5.58. The SMILES string of the molecule is CC1C/C=C\c2c(ccc3c2OCO3)-c2ccc3c(Cc4ccccc4)c4c(cc3c21)OCO4. The molecule has 1 unspecified atom stereocenters. The first-order valence-electron chi connectivity index (χ1n) is 11.8. The fraction of sp³-hybridized carbons (Fsp3) is 0.200.